The van der Waals surface area contributed by atoms with Gasteiger partial charge in [-0.15, -0.1) is 0 Å². The Hall–Kier alpha value is -5.16. The molecule has 11 nitrogen and oxygen atoms in total. The second-order valence-electron chi connectivity index (χ2n) is 10.1. The Balaban J connectivity index is 1.25. The number of fused-ring (bicyclic) bond motifs is 1. The molecule has 4 aromatic rings. The van der Waals surface area contributed by atoms with Crippen LogP contribution in [0.25, 0.3) is 16.6 Å². The number of pyridine rings is 2. The lowest BCUT2D eigenvalue weighted by atomic mass is 10.1. The molecule has 1 fully saturated rings. The zero-order chi connectivity index (χ0) is 32.0. The van der Waals surface area contributed by atoms with Gasteiger partial charge in [0.2, 0.25) is 0 Å². The molecule has 0 radical (unpaired) electrons. The Bertz CT molecular complexity index is 1680. The smallest absolute Gasteiger partial charge is 0.490 e. The van der Waals surface area contributed by atoms with Gasteiger partial charge < -0.3 is 24.0 Å². The summed E-state index contributed by atoms with van der Waals surface area (Å²) in [5.74, 6) is -1.26. The van der Waals surface area contributed by atoms with E-state index < -0.39 is 24.9 Å². The van der Waals surface area contributed by atoms with Gasteiger partial charge in [0.05, 0.1) is 36.7 Å². The van der Waals surface area contributed by atoms with Crippen LogP contribution in [0.3, 0.4) is 0 Å². The highest BCUT2D eigenvalue weighted by Gasteiger charge is 2.40. The zero-order valence-electron chi connectivity index (χ0n) is 24.2. The maximum absolute atomic E-state index is 13.2. The monoisotopic (exact) mass is 622 g/mol. The lowest BCUT2D eigenvalue weighted by Crippen LogP contribution is -2.50. The summed E-state index contributed by atoms with van der Waals surface area (Å²) in [7, 11) is 1.53. The first-order valence-electron chi connectivity index (χ1n) is 14.1. The van der Waals surface area contributed by atoms with Gasteiger partial charge in [-0.3, -0.25) is 4.79 Å². The van der Waals surface area contributed by atoms with Crippen molar-refractivity contribution in [1.82, 2.24) is 19.5 Å². The van der Waals surface area contributed by atoms with Gasteiger partial charge in [-0.2, -0.15) is 23.5 Å². The highest BCUT2D eigenvalue weighted by molar-refractivity contribution is 5.85. The molecule has 1 aliphatic rings. The molecule has 1 amide bonds. The van der Waals surface area contributed by atoms with Crippen molar-refractivity contribution in [2.45, 2.75) is 18.7 Å². The van der Waals surface area contributed by atoms with Gasteiger partial charge in [0.1, 0.15) is 17.6 Å². The first-order chi connectivity index (χ1) is 21.7. The number of methoxy groups -OCH3 is 1. The molecule has 1 atom stereocenters. The SMILES string of the molecule is CO[C@@H](C(=O)N1CCN(c2ccc(-c3cc(OCCCOC(=O)C(F)(F)F)cn4ncc(C#N)c34)cn2)CC1)c1ccccc1. The number of piperazine rings is 1. The third kappa shape index (κ3) is 7.15. The van der Waals surface area contributed by atoms with Crippen LogP contribution in [0.2, 0.25) is 0 Å². The molecule has 3 aromatic heterocycles. The number of nitrogens with zero attached hydrogens (tertiary/aromatic N) is 6. The van der Waals surface area contributed by atoms with Crippen molar-refractivity contribution < 1.29 is 37.0 Å². The van der Waals surface area contributed by atoms with E-state index in [9.17, 15) is 28.0 Å². The molecule has 14 heteroatoms. The van der Waals surface area contributed by atoms with E-state index >= 15 is 0 Å². The van der Waals surface area contributed by atoms with E-state index in [4.69, 9.17) is 9.47 Å². The van der Waals surface area contributed by atoms with E-state index in [2.05, 4.69) is 25.8 Å². The van der Waals surface area contributed by atoms with Gasteiger partial charge in [0, 0.05) is 57.0 Å². The topological polar surface area (TPSA) is 122 Å². The van der Waals surface area contributed by atoms with Crippen LogP contribution in [0.15, 0.2) is 67.1 Å². The van der Waals surface area contributed by atoms with Crippen LogP contribution in [0.4, 0.5) is 19.0 Å². The third-order valence-electron chi connectivity index (χ3n) is 7.27. The minimum atomic E-state index is -5.05. The summed E-state index contributed by atoms with van der Waals surface area (Å²) in [6, 6.07) is 16.9. The van der Waals surface area contributed by atoms with E-state index in [0.29, 0.717) is 54.1 Å². The number of hydrogen-bond acceptors (Lipinski definition) is 9. The molecule has 1 aliphatic heterocycles. The number of aromatic nitrogens is 3. The van der Waals surface area contributed by atoms with E-state index in [1.807, 2.05) is 42.5 Å². The fraction of sp³-hybridized carbons (Fsp3) is 0.323. The lowest BCUT2D eigenvalue weighted by Gasteiger charge is -2.36. The molecular formula is C31H29F3N6O5. The van der Waals surface area contributed by atoms with E-state index in [0.717, 1.165) is 11.4 Å². The molecular weight excluding hydrogens is 593 g/mol. The Morgan fingerprint density at radius 2 is 1.80 bits per heavy atom. The van der Waals surface area contributed by atoms with Gasteiger partial charge in [-0.25, -0.2) is 14.3 Å². The van der Waals surface area contributed by atoms with Crippen molar-refractivity contribution in [2.24, 2.45) is 0 Å². The summed E-state index contributed by atoms with van der Waals surface area (Å²) in [5.41, 5.74) is 2.98. The van der Waals surface area contributed by atoms with Crippen LogP contribution in [0.1, 0.15) is 23.7 Å². The zero-order valence-corrected chi connectivity index (χ0v) is 24.2. The van der Waals surface area contributed by atoms with Crippen molar-refractivity contribution in [3.05, 3.63) is 78.2 Å². The first-order valence-corrected chi connectivity index (χ1v) is 14.1. The second-order valence-corrected chi connectivity index (χ2v) is 10.1. The predicted octanol–water partition coefficient (Wildman–Crippen LogP) is 4.18. The molecule has 0 aliphatic carbocycles. The molecule has 234 valence electrons. The van der Waals surface area contributed by atoms with E-state index in [1.54, 1.807) is 23.4 Å². The van der Waals surface area contributed by atoms with Gasteiger partial charge in [-0.05, 0) is 23.8 Å². The molecule has 5 rings (SSSR count). The van der Waals surface area contributed by atoms with Crippen molar-refractivity contribution >= 4 is 23.2 Å². The van der Waals surface area contributed by atoms with Crippen molar-refractivity contribution in [3.8, 4) is 22.9 Å². The number of anilines is 1. The van der Waals surface area contributed by atoms with Crippen molar-refractivity contribution in [2.75, 3.05) is 51.4 Å². The lowest BCUT2D eigenvalue weighted by molar-refractivity contribution is -0.199. The maximum atomic E-state index is 13.2. The standard InChI is InChI=1S/C31H29F3N6O5/c1-43-28(21-6-3-2-4-7-21)29(41)39-12-10-38(11-13-39)26-9-8-22(18-36-26)25-16-24(20-40-27(25)23(17-35)19-37-40)44-14-5-15-45-30(42)31(32,33)34/h2-4,6-9,16,18-20,28H,5,10-15H2,1H3/t28-/m1/s1. The molecule has 0 N–H and O–H groups in total. The van der Waals surface area contributed by atoms with Crippen molar-refractivity contribution in [1.29, 1.82) is 5.26 Å². The molecule has 0 bridgehead atoms. The predicted molar refractivity (Wildman–Crippen MR) is 155 cm³/mol. The number of ether oxygens (including phenoxy) is 3. The highest BCUT2D eigenvalue weighted by atomic mass is 19.4. The van der Waals surface area contributed by atoms with E-state index in [-0.39, 0.29) is 18.9 Å². The largest absolute Gasteiger partial charge is 0.492 e. The van der Waals surface area contributed by atoms with Gasteiger partial charge >= 0.3 is 12.1 Å². The van der Waals surface area contributed by atoms with Gasteiger partial charge in [0.25, 0.3) is 5.91 Å². The summed E-state index contributed by atoms with van der Waals surface area (Å²) >= 11 is 0. The Labute approximate surface area is 256 Å². The number of nitriles is 1. The Morgan fingerprint density at radius 3 is 2.44 bits per heavy atom. The Kier molecular flexibility index (Phi) is 9.48. The van der Waals surface area contributed by atoms with Crippen LogP contribution in [0.5, 0.6) is 5.75 Å². The molecule has 0 saturated carbocycles. The minimum absolute atomic E-state index is 0.0232. The number of carbonyl (C=O) groups excluding carboxylic acids is 2. The van der Waals surface area contributed by atoms with Crippen LogP contribution in [-0.4, -0.2) is 84.1 Å². The maximum Gasteiger partial charge on any atom is 0.490 e. The van der Waals surface area contributed by atoms with Crippen LogP contribution in [-0.2, 0) is 19.1 Å². The summed E-state index contributed by atoms with van der Waals surface area (Å²) in [6.07, 6.45) is -1.03. The molecule has 1 aromatic carbocycles. The fourth-order valence-corrected chi connectivity index (χ4v) is 5.03. The van der Waals surface area contributed by atoms with Crippen LogP contribution < -0.4 is 9.64 Å². The normalized spacial score (nSPS) is 14.2. The second kappa shape index (κ2) is 13.6. The highest BCUT2D eigenvalue weighted by Crippen LogP contribution is 2.32. The van der Waals surface area contributed by atoms with Gasteiger partial charge in [-0.1, -0.05) is 30.3 Å². The third-order valence-corrected chi connectivity index (χ3v) is 7.27. The number of benzene rings is 1. The summed E-state index contributed by atoms with van der Waals surface area (Å²) < 4.78 is 53.8. The van der Waals surface area contributed by atoms with Crippen LogP contribution >= 0.6 is 0 Å². The molecule has 1 saturated heterocycles. The molecule has 0 spiro atoms. The van der Waals surface area contributed by atoms with Crippen LogP contribution in [0, 0.1) is 11.3 Å². The first kappa shape index (κ1) is 31.3. The number of alkyl halides is 3. The summed E-state index contributed by atoms with van der Waals surface area (Å²) in [6.45, 7) is 1.69. The minimum Gasteiger partial charge on any atom is -0.492 e. The molecule has 4 heterocycles. The number of halogens is 3. The summed E-state index contributed by atoms with van der Waals surface area (Å²) in [4.78, 5) is 32.6. The average Bonchev–Trinajstić information content (AvgIpc) is 3.48. The Morgan fingerprint density at radius 1 is 1.04 bits per heavy atom. The number of rotatable bonds is 10. The molecule has 45 heavy (non-hydrogen) atoms. The van der Waals surface area contributed by atoms with E-state index in [1.165, 1.54) is 17.8 Å². The fourth-order valence-electron chi connectivity index (χ4n) is 5.03. The number of esters is 1. The quantitative estimate of drug-likeness (QED) is 0.189. The number of hydrogen-bond donors (Lipinski definition) is 0. The number of carbonyl (C=O) groups is 2. The average molecular weight is 623 g/mol. The van der Waals surface area contributed by atoms with Gasteiger partial charge in [0.15, 0.2) is 6.10 Å². The van der Waals surface area contributed by atoms with Crippen molar-refractivity contribution in [3.63, 3.8) is 0 Å². The molecule has 0 unspecified atom stereocenters. The summed E-state index contributed by atoms with van der Waals surface area (Å²) in [5, 5.41) is 13.9. The number of amides is 1.